The minimum absolute atomic E-state index is 0.0889. The van der Waals surface area contributed by atoms with E-state index in [0.717, 1.165) is 73.1 Å². The molecule has 2 heterocycles. The van der Waals surface area contributed by atoms with Gasteiger partial charge >= 0.3 is 6.09 Å². The summed E-state index contributed by atoms with van der Waals surface area (Å²) < 4.78 is 32.7. The molecule has 1 unspecified atom stereocenters. The van der Waals surface area contributed by atoms with Crippen LogP contribution in [-0.2, 0) is 19.0 Å². The molecule has 1 saturated carbocycles. The van der Waals surface area contributed by atoms with E-state index in [1.54, 1.807) is 18.0 Å². The number of aliphatic hydroxyl groups excluding tert-OH is 2. The van der Waals surface area contributed by atoms with Crippen LogP contribution in [0.25, 0.3) is 0 Å². The number of carbonyl (C=O) groups excluding carboxylic acids is 1. The fourth-order valence-electron chi connectivity index (χ4n) is 9.13. The smallest absolute Gasteiger partial charge is 0.410 e. The van der Waals surface area contributed by atoms with E-state index in [-0.39, 0.29) is 56.0 Å². The molecule has 0 radical (unpaired) electrons. The number of ether oxygens (including phenoxy) is 5. The number of fused-ring (bicyclic) bond motifs is 2. The Kier molecular flexibility index (Phi) is 14.6. The third-order valence-corrected chi connectivity index (χ3v) is 12.2. The molecule has 0 spiro atoms. The number of hydrogen-bond acceptors (Lipinski definition) is 10. The summed E-state index contributed by atoms with van der Waals surface area (Å²) in [6.45, 7) is 15.5. The minimum Gasteiger partial charge on any atom is -0.459 e. The molecule has 2 aliphatic heterocycles. The second kappa shape index (κ2) is 19.4. The maximum absolute atomic E-state index is 14.1. The van der Waals surface area contributed by atoms with Crippen molar-refractivity contribution in [3.63, 3.8) is 0 Å². The van der Waals surface area contributed by atoms with E-state index in [4.69, 9.17) is 33.7 Å². The van der Waals surface area contributed by atoms with E-state index < -0.39 is 30.1 Å². The number of aryl methyl sites for hydroxylation is 2. The second-order valence-electron chi connectivity index (χ2n) is 17.7. The van der Waals surface area contributed by atoms with Gasteiger partial charge in [0, 0.05) is 44.6 Å². The molecule has 1 saturated heterocycles. The molecule has 0 aromatic heterocycles. The highest BCUT2D eigenvalue weighted by molar-refractivity contribution is 6.03. The quantitative estimate of drug-likeness (QED) is 0.0914. The van der Waals surface area contributed by atoms with Gasteiger partial charge in [-0.15, -0.1) is 6.58 Å². The molecular weight excluding hydrogens is 737 g/mol. The number of oxime groups is 1. The fourth-order valence-corrected chi connectivity index (χ4v) is 9.13. The number of carbonyl (C=O) groups is 1. The summed E-state index contributed by atoms with van der Waals surface area (Å²) in [6.07, 6.45) is 10.9. The van der Waals surface area contributed by atoms with E-state index in [2.05, 4.69) is 44.7 Å². The largest absolute Gasteiger partial charge is 0.459 e. The van der Waals surface area contributed by atoms with Crippen LogP contribution in [0.2, 0.25) is 0 Å². The van der Waals surface area contributed by atoms with E-state index in [1.165, 1.54) is 5.56 Å². The zero-order chi connectivity index (χ0) is 41.5. The van der Waals surface area contributed by atoms with Crippen LogP contribution in [0.3, 0.4) is 0 Å². The van der Waals surface area contributed by atoms with Gasteiger partial charge in [-0.05, 0) is 117 Å². The Morgan fingerprint density at radius 3 is 2.45 bits per heavy atom. The van der Waals surface area contributed by atoms with Gasteiger partial charge in [-0.1, -0.05) is 57.0 Å². The van der Waals surface area contributed by atoms with Gasteiger partial charge in [-0.25, -0.2) is 4.79 Å². The van der Waals surface area contributed by atoms with Crippen molar-refractivity contribution in [2.24, 2.45) is 28.3 Å². The van der Waals surface area contributed by atoms with Crippen molar-refractivity contribution in [1.29, 1.82) is 0 Å². The van der Waals surface area contributed by atoms with Gasteiger partial charge in [-0.3, -0.25) is 0 Å². The molecule has 2 aliphatic carbocycles. The molecule has 6 rings (SSSR count). The van der Waals surface area contributed by atoms with Gasteiger partial charge in [0.1, 0.15) is 23.3 Å². The van der Waals surface area contributed by atoms with Crippen molar-refractivity contribution in [2.75, 3.05) is 40.1 Å². The molecule has 2 aromatic rings. The van der Waals surface area contributed by atoms with Gasteiger partial charge in [0.25, 0.3) is 0 Å². The number of benzene rings is 2. The molecule has 2 N–H and O–H groups in total. The number of rotatable bonds is 17. The highest BCUT2D eigenvalue weighted by atomic mass is 16.8. The number of aliphatic hydroxyl groups is 2. The lowest BCUT2D eigenvalue weighted by Crippen LogP contribution is -2.69. The van der Waals surface area contributed by atoms with Crippen LogP contribution in [-0.4, -0.2) is 85.1 Å². The van der Waals surface area contributed by atoms with Crippen LogP contribution in [0.1, 0.15) is 108 Å². The molecule has 2 aromatic carbocycles. The molecule has 7 atom stereocenters. The number of likely N-dealkylation sites (N-methyl/N-ethyl adjacent to an activating group) is 1. The summed E-state index contributed by atoms with van der Waals surface area (Å²) in [5.41, 5.74) is 4.78. The Morgan fingerprint density at radius 1 is 1.02 bits per heavy atom. The number of unbranched alkanes of at least 4 members (excludes halogenated alkanes) is 2. The van der Waals surface area contributed by atoms with Gasteiger partial charge in [0.15, 0.2) is 0 Å². The lowest BCUT2D eigenvalue weighted by molar-refractivity contribution is -0.254. The van der Waals surface area contributed by atoms with E-state index in [1.807, 2.05) is 39.0 Å². The highest BCUT2D eigenvalue weighted by Crippen LogP contribution is 2.62. The van der Waals surface area contributed by atoms with Crippen LogP contribution >= 0.6 is 0 Å². The molecule has 1 amide bonds. The zero-order valence-electron chi connectivity index (χ0n) is 35.5. The van der Waals surface area contributed by atoms with Crippen LogP contribution in [0.4, 0.5) is 4.79 Å². The third-order valence-electron chi connectivity index (χ3n) is 12.2. The first-order valence-corrected chi connectivity index (χ1v) is 21.4. The maximum atomic E-state index is 14.1. The van der Waals surface area contributed by atoms with Crippen molar-refractivity contribution in [3.05, 3.63) is 77.4 Å². The van der Waals surface area contributed by atoms with Crippen LogP contribution in [0.15, 0.2) is 65.9 Å². The van der Waals surface area contributed by atoms with E-state index in [0.29, 0.717) is 30.9 Å². The summed E-state index contributed by atoms with van der Waals surface area (Å²) >= 11 is 0. The van der Waals surface area contributed by atoms with Gasteiger partial charge in [0.2, 0.25) is 12.1 Å². The van der Waals surface area contributed by atoms with Gasteiger partial charge < -0.3 is 43.6 Å². The van der Waals surface area contributed by atoms with Crippen LogP contribution in [0.5, 0.6) is 17.2 Å². The van der Waals surface area contributed by atoms with Crippen molar-refractivity contribution in [1.82, 2.24) is 4.90 Å². The summed E-state index contributed by atoms with van der Waals surface area (Å²) in [5.74, 6) is 0.322. The average molecular weight is 803 g/mol. The molecule has 11 nitrogen and oxygen atoms in total. The van der Waals surface area contributed by atoms with E-state index >= 15 is 0 Å². The minimum atomic E-state index is -1.37. The SMILES string of the molecule is C=CCO[C@@]12Oc3ccc(Oc4ccc(C)c(C)c4)cc3[C@H]3[C@H](CCCCO)[C@@H](CCCCO)C=C(C(=NOC4CCCCO4)C[C@@H]1N(C)C(=O)OCC(C)(C)C)[C@H]32. The third kappa shape index (κ3) is 9.92. The summed E-state index contributed by atoms with van der Waals surface area (Å²) in [7, 11) is 1.75. The summed E-state index contributed by atoms with van der Waals surface area (Å²) in [5, 5.41) is 24.7. The highest BCUT2D eigenvalue weighted by Gasteiger charge is 2.65. The van der Waals surface area contributed by atoms with Crippen molar-refractivity contribution < 1.29 is 43.5 Å². The summed E-state index contributed by atoms with van der Waals surface area (Å²) in [6, 6.07) is 11.4. The number of hydrogen-bond donors (Lipinski definition) is 2. The average Bonchev–Trinajstić information content (AvgIpc) is 3.21. The first-order valence-electron chi connectivity index (χ1n) is 21.4. The predicted octanol–water partition coefficient (Wildman–Crippen LogP) is 9.37. The lowest BCUT2D eigenvalue weighted by Gasteiger charge is -2.59. The normalized spacial score (nSPS) is 27.1. The van der Waals surface area contributed by atoms with Crippen molar-refractivity contribution in [3.8, 4) is 17.2 Å². The lowest BCUT2D eigenvalue weighted by atomic mass is 9.55. The molecule has 318 valence electrons. The van der Waals surface area contributed by atoms with E-state index in [9.17, 15) is 15.0 Å². The number of nitrogens with zero attached hydrogens (tertiary/aromatic N) is 2. The molecule has 11 heteroatoms. The predicted molar refractivity (Wildman–Crippen MR) is 224 cm³/mol. The summed E-state index contributed by atoms with van der Waals surface area (Å²) in [4.78, 5) is 21.9. The first kappa shape index (κ1) is 43.7. The fraction of sp³-hybridized carbons (Fsp3) is 0.617. The van der Waals surface area contributed by atoms with Gasteiger partial charge in [-0.2, -0.15) is 0 Å². The van der Waals surface area contributed by atoms with Crippen LogP contribution in [0, 0.1) is 37.0 Å². The Morgan fingerprint density at radius 2 is 1.76 bits per heavy atom. The Labute approximate surface area is 345 Å². The Hall–Kier alpha value is -3.90. The molecule has 2 fully saturated rings. The molecule has 58 heavy (non-hydrogen) atoms. The van der Waals surface area contributed by atoms with Gasteiger partial charge in [0.05, 0.1) is 31.5 Å². The zero-order valence-corrected chi connectivity index (χ0v) is 35.5. The monoisotopic (exact) mass is 802 g/mol. The first-order chi connectivity index (χ1) is 27.9. The maximum Gasteiger partial charge on any atom is 0.410 e. The Balaban J connectivity index is 1.55. The van der Waals surface area contributed by atoms with Crippen molar-refractivity contribution >= 4 is 11.8 Å². The molecular formula is C47H66N2O9. The van der Waals surface area contributed by atoms with Crippen molar-refractivity contribution in [2.45, 2.75) is 123 Å². The molecule has 0 bridgehead atoms. The molecule has 4 aliphatic rings. The van der Waals surface area contributed by atoms with Crippen LogP contribution < -0.4 is 9.47 Å². The second-order valence-corrected chi connectivity index (χ2v) is 17.7. The standard InChI is InChI=1S/C47H66N2O9/c1-8-24-55-47-41(49(7)45(52)54-30-46(4,5)6)29-39(48-58-42-17-11-14-25-53-42)37-27-33(15-9-12-22-50)36(16-10-13-23-51)43(44(37)47)38-28-35(20-21-40(38)57-47)56-34-19-18-31(2)32(3)26-34/h8,18-21,26-28,33,36,41-44,50-51H,1,9-17,22-25,29-30H2,2-7H3/t33-,36+,41-,42?,43+,44+,47+/m0/s1. The topological polar surface area (TPSA) is 129 Å². The Bertz CT molecular complexity index is 1780. The number of amides is 1. The number of allylic oxidation sites excluding steroid dienone is 1.